The van der Waals surface area contributed by atoms with Gasteiger partial charge in [-0.1, -0.05) is 19.9 Å². The maximum atomic E-state index is 4.60. The van der Waals surface area contributed by atoms with Crippen LogP contribution in [0, 0.1) is 12.8 Å². The molecule has 2 rings (SSSR count). The Kier molecular flexibility index (Phi) is 4.10. The van der Waals surface area contributed by atoms with Gasteiger partial charge in [0.1, 0.15) is 17.3 Å². The van der Waals surface area contributed by atoms with Crippen LogP contribution in [0.2, 0.25) is 0 Å². The van der Waals surface area contributed by atoms with Gasteiger partial charge >= 0.3 is 0 Å². The minimum absolute atomic E-state index is 0.608. The Hall–Kier alpha value is -1.25. The average molecular weight is 247 g/mol. The summed E-state index contributed by atoms with van der Waals surface area (Å²) in [7, 11) is 1.97. The van der Waals surface area contributed by atoms with Crippen molar-refractivity contribution in [2.24, 2.45) is 5.92 Å². The van der Waals surface area contributed by atoms with E-state index in [4.69, 9.17) is 0 Å². The molecular weight excluding hydrogens is 222 g/mol. The van der Waals surface area contributed by atoms with Gasteiger partial charge in [-0.05, 0) is 44.6 Å². The van der Waals surface area contributed by atoms with E-state index >= 15 is 0 Å². The van der Waals surface area contributed by atoms with Crippen molar-refractivity contribution < 1.29 is 0 Å². The molecule has 1 aromatic heterocycles. The van der Waals surface area contributed by atoms with Gasteiger partial charge in [0, 0.05) is 13.1 Å². The zero-order valence-electron chi connectivity index (χ0n) is 11.9. The Morgan fingerprint density at radius 2 is 2.06 bits per heavy atom. The molecule has 1 fully saturated rings. The molecule has 0 bridgehead atoms. The normalized spacial score (nSPS) is 23.9. The highest BCUT2D eigenvalue weighted by molar-refractivity contribution is 5.59. The predicted molar refractivity (Wildman–Crippen MR) is 77.9 cm³/mol. The van der Waals surface area contributed by atoms with Crippen molar-refractivity contribution >= 4 is 11.9 Å². The van der Waals surface area contributed by atoms with Crippen molar-refractivity contribution in [2.45, 2.75) is 52.0 Å². The summed E-state index contributed by atoms with van der Waals surface area (Å²) in [5.41, 5.74) is 0.979. The standard InChI is InChI=1S/C15H25N3/c1-5-12-7-9-13(10-8-12)18-11(3)17-14(6-2)15(18)16-4/h6,12-13,16H,2,5,7-10H2,1,3-4H3. The van der Waals surface area contributed by atoms with Gasteiger partial charge in [-0.3, -0.25) is 0 Å². The fourth-order valence-corrected chi connectivity index (χ4v) is 3.22. The minimum Gasteiger partial charge on any atom is -0.373 e. The maximum absolute atomic E-state index is 4.60. The van der Waals surface area contributed by atoms with Crippen LogP contribution in [0.1, 0.15) is 56.6 Å². The number of aromatic nitrogens is 2. The van der Waals surface area contributed by atoms with Gasteiger partial charge < -0.3 is 9.88 Å². The Morgan fingerprint density at radius 3 is 2.56 bits per heavy atom. The van der Waals surface area contributed by atoms with Crippen LogP contribution in [0.5, 0.6) is 0 Å². The van der Waals surface area contributed by atoms with Crippen molar-refractivity contribution in [3.8, 4) is 0 Å². The van der Waals surface area contributed by atoms with Gasteiger partial charge in [-0.2, -0.15) is 0 Å². The fourth-order valence-electron chi connectivity index (χ4n) is 3.22. The Labute approximate surface area is 110 Å². The summed E-state index contributed by atoms with van der Waals surface area (Å²) in [4.78, 5) is 4.60. The number of anilines is 1. The van der Waals surface area contributed by atoms with Crippen molar-refractivity contribution in [2.75, 3.05) is 12.4 Å². The van der Waals surface area contributed by atoms with Gasteiger partial charge in [0.2, 0.25) is 0 Å². The zero-order valence-corrected chi connectivity index (χ0v) is 11.9. The highest BCUT2D eigenvalue weighted by Crippen LogP contribution is 2.37. The van der Waals surface area contributed by atoms with Gasteiger partial charge in [-0.25, -0.2) is 4.98 Å². The summed E-state index contributed by atoms with van der Waals surface area (Å²) < 4.78 is 2.38. The molecule has 0 radical (unpaired) electrons. The molecule has 1 saturated carbocycles. The molecule has 1 aromatic rings. The molecule has 18 heavy (non-hydrogen) atoms. The quantitative estimate of drug-likeness (QED) is 0.871. The lowest BCUT2D eigenvalue weighted by Crippen LogP contribution is -2.20. The number of nitrogens with one attached hydrogen (secondary N) is 1. The number of hydrogen-bond acceptors (Lipinski definition) is 2. The molecule has 3 heteroatoms. The Bertz CT molecular complexity index is 412. The molecular formula is C15H25N3. The predicted octanol–water partition coefficient (Wildman–Crippen LogP) is 4.02. The highest BCUT2D eigenvalue weighted by atomic mass is 15.2. The summed E-state index contributed by atoms with van der Waals surface area (Å²) in [6.07, 6.45) is 8.43. The van der Waals surface area contributed by atoms with E-state index in [0.29, 0.717) is 6.04 Å². The van der Waals surface area contributed by atoms with Crippen LogP contribution in [0.25, 0.3) is 6.08 Å². The van der Waals surface area contributed by atoms with Crippen LogP contribution in [0.3, 0.4) is 0 Å². The topological polar surface area (TPSA) is 29.9 Å². The van der Waals surface area contributed by atoms with Crippen molar-refractivity contribution in [3.63, 3.8) is 0 Å². The minimum atomic E-state index is 0.608. The first-order valence-corrected chi connectivity index (χ1v) is 7.10. The number of rotatable bonds is 4. The second-order valence-electron chi connectivity index (χ2n) is 5.30. The molecule has 3 nitrogen and oxygen atoms in total. The van der Waals surface area contributed by atoms with Crippen molar-refractivity contribution in [3.05, 3.63) is 18.1 Å². The monoisotopic (exact) mass is 247 g/mol. The zero-order chi connectivity index (χ0) is 13.1. The van der Waals surface area contributed by atoms with Crippen LogP contribution in [-0.2, 0) is 0 Å². The number of imidazole rings is 1. The summed E-state index contributed by atoms with van der Waals surface area (Å²) in [6, 6.07) is 0.608. The molecule has 1 aliphatic rings. The van der Waals surface area contributed by atoms with Crippen molar-refractivity contribution in [1.29, 1.82) is 0 Å². The maximum Gasteiger partial charge on any atom is 0.133 e. The second-order valence-corrected chi connectivity index (χ2v) is 5.30. The van der Waals surface area contributed by atoms with Crippen molar-refractivity contribution in [1.82, 2.24) is 9.55 Å². The van der Waals surface area contributed by atoms with Crippen LogP contribution in [-0.4, -0.2) is 16.6 Å². The lowest BCUT2D eigenvalue weighted by molar-refractivity contribution is 0.268. The second kappa shape index (κ2) is 5.59. The molecule has 0 amide bonds. The van der Waals surface area contributed by atoms with E-state index in [-0.39, 0.29) is 0 Å². The van der Waals surface area contributed by atoms with Gasteiger partial charge in [0.15, 0.2) is 0 Å². The van der Waals surface area contributed by atoms with Crippen LogP contribution in [0.15, 0.2) is 6.58 Å². The van der Waals surface area contributed by atoms with E-state index in [1.54, 1.807) is 0 Å². The Morgan fingerprint density at radius 1 is 1.39 bits per heavy atom. The molecule has 0 saturated heterocycles. The van der Waals surface area contributed by atoms with Gasteiger partial charge in [0.05, 0.1) is 0 Å². The van der Waals surface area contributed by atoms with E-state index in [1.165, 1.54) is 32.1 Å². The van der Waals surface area contributed by atoms with E-state index < -0.39 is 0 Å². The third kappa shape index (κ3) is 2.31. The third-order valence-electron chi connectivity index (χ3n) is 4.30. The highest BCUT2D eigenvalue weighted by Gasteiger charge is 2.25. The molecule has 0 spiro atoms. The van der Waals surface area contributed by atoms with E-state index in [1.807, 2.05) is 13.1 Å². The summed E-state index contributed by atoms with van der Waals surface area (Å²) >= 11 is 0. The summed E-state index contributed by atoms with van der Waals surface area (Å²) in [5, 5.41) is 3.29. The molecule has 1 N–H and O–H groups in total. The number of nitrogens with zero attached hydrogens (tertiary/aromatic N) is 2. The SMILES string of the molecule is C=Cc1nc(C)n(C2CCC(CC)CC2)c1NC. The van der Waals surface area contributed by atoms with Gasteiger partial charge in [0.25, 0.3) is 0 Å². The fraction of sp³-hybridized carbons (Fsp3) is 0.667. The van der Waals surface area contributed by atoms with E-state index in [2.05, 4.69) is 35.3 Å². The molecule has 1 heterocycles. The number of hydrogen-bond donors (Lipinski definition) is 1. The lowest BCUT2D eigenvalue weighted by Gasteiger charge is -2.30. The Balaban J connectivity index is 2.23. The van der Waals surface area contributed by atoms with Crippen LogP contribution in [0.4, 0.5) is 5.82 Å². The average Bonchev–Trinajstić information content (AvgIpc) is 2.74. The third-order valence-corrected chi connectivity index (χ3v) is 4.30. The molecule has 100 valence electrons. The molecule has 0 aromatic carbocycles. The smallest absolute Gasteiger partial charge is 0.133 e. The largest absolute Gasteiger partial charge is 0.373 e. The van der Waals surface area contributed by atoms with Crippen LogP contribution < -0.4 is 5.32 Å². The molecule has 0 atom stereocenters. The van der Waals surface area contributed by atoms with Gasteiger partial charge in [-0.15, -0.1) is 0 Å². The first kappa shape index (κ1) is 13.2. The first-order valence-electron chi connectivity index (χ1n) is 7.10. The van der Waals surface area contributed by atoms with E-state index in [0.717, 1.165) is 23.3 Å². The number of aryl methyl sites for hydroxylation is 1. The van der Waals surface area contributed by atoms with E-state index in [9.17, 15) is 0 Å². The molecule has 0 unspecified atom stereocenters. The van der Waals surface area contributed by atoms with Crippen LogP contribution >= 0.6 is 0 Å². The molecule has 1 aliphatic carbocycles. The first-order chi connectivity index (χ1) is 8.71. The summed E-state index contributed by atoms with van der Waals surface area (Å²) in [5.74, 6) is 3.17. The lowest BCUT2D eigenvalue weighted by atomic mass is 9.84. The molecule has 0 aliphatic heterocycles. The summed E-state index contributed by atoms with van der Waals surface area (Å²) in [6.45, 7) is 8.25.